The average Bonchev–Trinajstić information content (AvgIpc) is 2.16. The first-order valence-electron chi connectivity index (χ1n) is 4.17. The second-order valence-electron chi connectivity index (χ2n) is 2.71. The lowest BCUT2D eigenvalue weighted by Gasteiger charge is -1.84. The Morgan fingerprint density at radius 2 is 2.00 bits per heavy atom. The minimum absolute atomic E-state index is 0.118. The van der Waals surface area contributed by atoms with Gasteiger partial charge in [-0.25, -0.2) is 0 Å². The molecule has 1 rings (SSSR count). The van der Waals surface area contributed by atoms with Crippen LogP contribution < -0.4 is 21.2 Å². The molecule has 64 valence electrons. The van der Waals surface area contributed by atoms with Gasteiger partial charge in [0.05, 0.1) is 0 Å². The third-order valence-electron chi connectivity index (χ3n) is 1.66. The van der Waals surface area contributed by atoms with Gasteiger partial charge < -0.3 is 0 Å². The third kappa shape index (κ3) is 3.39. The Kier molecular flexibility index (Phi) is 4.36. The van der Waals surface area contributed by atoms with Crippen LogP contribution in [0.1, 0.15) is 20.3 Å². The van der Waals surface area contributed by atoms with Gasteiger partial charge >= 0.3 is 21.2 Å². The summed E-state index contributed by atoms with van der Waals surface area (Å²) in [6.45, 7) is 4.42. The molecule has 0 saturated heterocycles. The topological polar surface area (TPSA) is 0 Å². The summed E-state index contributed by atoms with van der Waals surface area (Å²) in [4.78, 5) is 0. The molecule has 0 unspecified atom stereocenters. The highest BCUT2D eigenvalue weighted by atomic mass is 127. The monoisotopic (exact) mass is 273 g/mol. The Bertz CT molecular complexity index is 249. The zero-order valence-electron chi connectivity index (χ0n) is 7.55. The lowest BCUT2D eigenvalue weighted by atomic mass is 10.3. The Morgan fingerprint density at radius 1 is 1.33 bits per heavy atom. The SMILES string of the molecule is CCC(C)=C[I+]c1ccccc1. The molecule has 1 heteroatoms. The number of hydrogen-bond acceptors (Lipinski definition) is 0. The van der Waals surface area contributed by atoms with Crippen molar-refractivity contribution in [3.63, 3.8) is 0 Å². The maximum Gasteiger partial charge on any atom is 0.349 e. The molecule has 0 N–H and O–H groups in total. The van der Waals surface area contributed by atoms with E-state index in [0.717, 1.165) is 0 Å². The summed E-state index contributed by atoms with van der Waals surface area (Å²) >= 11 is 0.118. The quantitative estimate of drug-likeness (QED) is 0.693. The standard InChI is InChI=1S/C11H14I/c1-3-10(2)9-12-11-7-5-4-6-8-11/h4-9H,3H2,1-2H3/q+1. The van der Waals surface area contributed by atoms with Gasteiger partial charge in [0, 0.05) is 0 Å². The summed E-state index contributed by atoms with van der Waals surface area (Å²) < 4.78 is 3.91. The van der Waals surface area contributed by atoms with Crippen LogP contribution in [0.15, 0.2) is 40.0 Å². The smallest absolute Gasteiger partial charge is 0.0619 e. The summed E-state index contributed by atoms with van der Waals surface area (Å²) in [6, 6.07) is 10.7. The third-order valence-corrected chi connectivity index (χ3v) is 4.47. The molecule has 12 heavy (non-hydrogen) atoms. The number of halogens is 1. The Hall–Kier alpha value is -0.310. The van der Waals surface area contributed by atoms with Crippen LogP contribution in [-0.2, 0) is 0 Å². The van der Waals surface area contributed by atoms with Crippen molar-refractivity contribution in [2.45, 2.75) is 20.3 Å². The van der Waals surface area contributed by atoms with Crippen LogP contribution >= 0.6 is 0 Å². The van der Waals surface area contributed by atoms with Gasteiger partial charge in [-0.15, -0.1) is 0 Å². The lowest BCUT2D eigenvalue weighted by Crippen LogP contribution is -3.59. The van der Waals surface area contributed by atoms with Gasteiger partial charge in [0.2, 0.25) is 0 Å². The Labute approximate surface area is 85.0 Å². The normalized spacial score (nSPS) is 11.7. The van der Waals surface area contributed by atoms with E-state index in [0.29, 0.717) is 0 Å². The highest BCUT2D eigenvalue weighted by Crippen LogP contribution is 1.91. The van der Waals surface area contributed by atoms with E-state index in [1.165, 1.54) is 15.6 Å². The molecule has 0 saturated carbocycles. The fourth-order valence-electron chi connectivity index (χ4n) is 0.721. The molecule has 0 radical (unpaired) electrons. The first-order chi connectivity index (χ1) is 5.83. The van der Waals surface area contributed by atoms with Crippen molar-refractivity contribution in [3.05, 3.63) is 43.6 Å². The maximum absolute atomic E-state index is 2.41. The molecule has 0 nitrogen and oxygen atoms in total. The van der Waals surface area contributed by atoms with Crippen LogP contribution in [0.5, 0.6) is 0 Å². The van der Waals surface area contributed by atoms with Crippen LogP contribution in [0, 0.1) is 3.57 Å². The number of hydrogen-bond donors (Lipinski definition) is 0. The molecule has 0 spiro atoms. The second kappa shape index (κ2) is 5.36. The summed E-state index contributed by atoms with van der Waals surface area (Å²) in [6.07, 6.45) is 1.19. The van der Waals surface area contributed by atoms with E-state index >= 15 is 0 Å². The summed E-state index contributed by atoms with van der Waals surface area (Å²) in [5, 5.41) is 0. The first kappa shape index (κ1) is 9.78. The summed E-state index contributed by atoms with van der Waals surface area (Å²) in [5.74, 6) is 0. The van der Waals surface area contributed by atoms with Crippen LogP contribution in [-0.4, -0.2) is 0 Å². The minimum atomic E-state index is 0.118. The molecule has 0 atom stereocenters. The minimum Gasteiger partial charge on any atom is -0.0619 e. The van der Waals surface area contributed by atoms with Gasteiger partial charge in [0.25, 0.3) is 0 Å². The Morgan fingerprint density at radius 3 is 2.58 bits per heavy atom. The van der Waals surface area contributed by atoms with Gasteiger partial charge in [-0.3, -0.25) is 0 Å². The fraction of sp³-hybridized carbons (Fsp3) is 0.273. The van der Waals surface area contributed by atoms with E-state index in [4.69, 9.17) is 0 Å². The zero-order chi connectivity index (χ0) is 8.81. The van der Waals surface area contributed by atoms with Gasteiger partial charge in [-0.05, 0) is 31.1 Å². The molecule has 0 aliphatic rings. The van der Waals surface area contributed by atoms with E-state index in [1.807, 2.05) is 0 Å². The van der Waals surface area contributed by atoms with Crippen LogP contribution in [0.4, 0.5) is 0 Å². The molecule has 0 bridgehead atoms. The highest BCUT2D eigenvalue weighted by molar-refractivity contribution is 5.00. The summed E-state index contributed by atoms with van der Waals surface area (Å²) in [5.41, 5.74) is 1.52. The highest BCUT2D eigenvalue weighted by Gasteiger charge is 2.06. The van der Waals surface area contributed by atoms with Crippen molar-refractivity contribution < 1.29 is 21.2 Å². The van der Waals surface area contributed by atoms with Gasteiger partial charge in [-0.1, -0.05) is 25.1 Å². The van der Waals surface area contributed by atoms with Crippen molar-refractivity contribution in [3.8, 4) is 0 Å². The van der Waals surface area contributed by atoms with E-state index in [9.17, 15) is 0 Å². The summed E-state index contributed by atoms with van der Waals surface area (Å²) in [7, 11) is 0. The van der Waals surface area contributed by atoms with E-state index in [2.05, 4.69) is 48.3 Å². The zero-order valence-corrected chi connectivity index (χ0v) is 9.71. The van der Waals surface area contributed by atoms with E-state index in [1.54, 1.807) is 0 Å². The second-order valence-corrected chi connectivity index (χ2v) is 5.20. The van der Waals surface area contributed by atoms with E-state index < -0.39 is 0 Å². The molecular weight excluding hydrogens is 259 g/mol. The van der Waals surface area contributed by atoms with E-state index in [-0.39, 0.29) is 21.2 Å². The van der Waals surface area contributed by atoms with Gasteiger partial charge in [0.15, 0.2) is 7.65 Å². The number of rotatable bonds is 3. The fourth-order valence-corrected chi connectivity index (χ4v) is 2.88. The van der Waals surface area contributed by atoms with Gasteiger partial charge in [-0.2, -0.15) is 0 Å². The lowest BCUT2D eigenvalue weighted by molar-refractivity contribution is -0.557. The van der Waals surface area contributed by atoms with Crippen LogP contribution in [0.25, 0.3) is 0 Å². The molecule has 0 aliphatic carbocycles. The largest absolute Gasteiger partial charge is 0.349 e. The molecule has 0 aliphatic heterocycles. The average molecular weight is 273 g/mol. The molecule has 0 amide bonds. The molecule has 0 fully saturated rings. The molecule has 0 aromatic heterocycles. The Balaban J connectivity index is 2.54. The van der Waals surface area contributed by atoms with Crippen molar-refractivity contribution >= 4 is 0 Å². The van der Waals surface area contributed by atoms with Gasteiger partial charge in [0.1, 0.15) is 0 Å². The first-order valence-corrected chi connectivity index (χ1v) is 6.49. The van der Waals surface area contributed by atoms with Crippen LogP contribution in [0.2, 0.25) is 0 Å². The van der Waals surface area contributed by atoms with Crippen LogP contribution in [0.3, 0.4) is 0 Å². The molecule has 0 heterocycles. The van der Waals surface area contributed by atoms with Crippen molar-refractivity contribution in [2.24, 2.45) is 0 Å². The van der Waals surface area contributed by atoms with Crippen molar-refractivity contribution in [1.29, 1.82) is 0 Å². The predicted molar refractivity (Wildman–Crippen MR) is 49.2 cm³/mol. The molecule has 1 aromatic rings. The number of benzene rings is 1. The van der Waals surface area contributed by atoms with Crippen molar-refractivity contribution in [1.82, 2.24) is 0 Å². The maximum atomic E-state index is 2.41. The molecular formula is C11H14I+. The molecule has 1 aromatic carbocycles. The number of allylic oxidation sites excluding steroid dienone is 1. The van der Waals surface area contributed by atoms with Crippen molar-refractivity contribution in [2.75, 3.05) is 0 Å². The predicted octanol–water partition coefficient (Wildman–Crippen LogP) is 0.259.